The minimum atomic E-state index is -4.31. The molecule has 0 fully saturated rings. The summed E-state index contributed by atoms with van der Waals surface area (Å²) >= 11 is 0. The number of nitrogens with one attached hydrogen (secondary N) is 1. The van der Waals surface area contributed by atoms with Crippen molar-refractivity contribution in [3.05, 3.63) is 12.2 Å². The van der Waals surface area contributed by atoms with Crippen molar-refractivity contribution in [2.24, 2.45) is 0 Å². The Morgan fingerprint density at radius 2 is 1.02 bits per heavy atom. The summed E-state index contributed by atoms with van der Waals surface area (Å²) in [6.07, 6.45) is 42.3. The maximum atomic E-state index is 12.9. The monoisotopic (exact) mass is 788 g/mol. The number of likely N-dealkylation sites (N-methyl/N-ethyl adjacent to an activating group) is 1. The molecule has 54 heavy (non-hydrogen) atoms. The highest BCUT2D eigenvalue weighted by Gasteiger charge is 2.28. The lowest BCUT2D eigenvalue weighted by Gasteiger charge is -2.26. The average molecular weight is 788 g/mol. The summed E-state index contributed by atoms with van der Waals surface area (Å²) in [5.74, 6) is -0.143. The molecule has 0 aliphatic carbocycles. The van der Waals surface area contributed by atoms with Crippen LogP contribution in [0.3, 0.4) is 0 Å². The summed E-state index contributed by atoms with van der Waals surface area (Å²) in [5.41, 5.74) is 0. The van der Waals surface area contributed by atoms with Crippen LogP contribution >= 0.6 is 7.82 Å². The van der Waals surface area contributed by atoms with E-state index in [1.54, 1.807) is 0 Å². The molecule has 0 aliphatic rings. The van der Waals surface area contributed by atoms with Crippen molar-refractivity contribution in [2.45, 2.75) is 231 Å². The molecule has 1 amide bonds. The first-order valence-electron chi connectivity index (χ1n) is 23.1. The van der Waals surface area contributed by atoms with Gasteiger partial charge >= 0.3 is 7.82 Å². The minimum Gasteiger partial charge on any atom is -0.391 e. The third kappa shape index (κ3) is 39.5. The van der Waals surface area contributed by atoms with Crippen LogP contribution in [0.5, 0.6) is 0 Å². The lowest BCUT2D eigenvalue weighted by atomic mass is 10.0. The summed E-state index contributed by atoms with van der Waals surface area (Å²) < 4.78 is 23.6. The van der Waals surface area contributed by atoms with Gasteiger partial charge in [0.15, 0.2) is 0 Å². The van der Waals surface area contributed by atoms with Crippen molar-refractivity contribution in [1.29, 1.82) is 0 Å². The van der Waals surface area contributed by atoms with Gasteiger partial charge in [-0.3, -0.25) is 13.8 Å². The van der Waals surface area contributed by atoms with Crippen molar-refractivity contribution in [3.8, 4) is 0 Å². The van der Waals surface area contributed by atoms with Gasteiger partial charge in [-0.15, -0.1) is 0 Å². The molecule has 0 aliphatic heterocycles. The van der Waals surface area contributed by atoms with Gasteiger partial charge in [0.1, 0.15) is 13.2 Å². The summed E-state index contributed by atoms with van der Waals surface area (Å²) in [4.78, 5) is 23.2. The molecule has 3 unspecified atom stereocenters. The van der Waals surface area contributed by atoms with Crippen LogP contribution in [-0.4, -0.2) is 73.4 Å². The van der Waals surface area contributed by atoms with Gasteiger partial charge in [0.25, 0.3) is 0 Å². The number of nitrogens with zero attached hydrogens (tertiary/aromatic N) is 1. The van der Waals surface area contributed by atoms with E-state index in [1.807, 2.05) is 21.1 Å². The number of rotatable bonds is 42. The topological polar surface area (TPSA) is 105 Å². The number of hydrogen-bond acceptors (Lipinski definition) is 5. The average Bonchev–Trinajstić information content (AvgIpc) is 3.12. The normalized spacial score (nSPS) is 14.4. The highest BCUT2D eigenvalue weighted by molar-refractivity contribution is 7.47. The molecule has 0 aromatic rings. The van der Waals surface area contributed by atoms with E-state index in [-0.39, 0.29) is 19.1 Å². The smallest absolute Gasteiger partial charge is 0.391 e. The van der Waals surface area contributed by atoms with Crippen LogP contribution in [0.2, 0.25) is 0 Å². The predicted octanol–water partition coefficient (Wildman–Crippen LogP) is 12.8. The molecule has 3 atom stereocenters. The number of amides is 1. The zero-order chi connectivity index (χ0) is 40.0. The molecule has 9 heteroatoms. The molecule has 0 saturated carbocycles. The van der Waals surface area contributed by atoms with Crippen molar-refractivity contribution >= 4 is 13.7 Å². The Labute approximate surface area is 335 Å². The number of carbonyl (C=O) groups is 1. The molecule has 0 bridgehead atoms. The third-order valence-corrected chi connectivity index (χ3v) is 11.5. The van der Waals surface area contributed by atoms with E-state index >= 15 is 0 Å². The SMILES string of the molecule is CCCC/C=C\CCCCCCCCCCCCCCCC(=O)NC(COP(=O)(O)OCC[N+](C)(C)C)C(O)CCCCCCCCCCCCCCC. The molecule has 0 spiro atoms. The highest BCUT2D eigenvalue weighted by Crippen LogP contribution is 2.43. The lowest BCUT2D eigenvalue weighted by Crippen LogP contribution is -2.46. The molecular formula is C45H92N2O6P+. The van der Waals surface area contributed by atoms with Gasteiger partial charge in [0.2, 0.25) is 5.91 Å². The summed E-state index contributed by atoms with van der Waals surface area (Å²) in [6.45, 7) is 4.87. The first-order chi connectivity index (χ1) is 26.0. The summed E-state index contributed by atoms with van der Waals surface area (Å²) in [6, 6.07) is -0.755. The fourth-order valence-electron chi connectivity index (χ4n) is 6.79. The molecule has 8 nitrogen and oxygen atoms in total. The zero-order valence-corrected chi connectivity index (χ0v) is 37.4. The first kappa shape index (κ1) is 53.2. The molecule has 0 radical (unpaired) electrons. The number of aliphatic hydroxyl groups excluding tert-OH is 1. The lowest BCUT2D eigenvalue weighted by molar-refractivity contribution is -0.870. The molecule has 0 aromatic carbocycles. The van der Waals surface area contributed by atoms with E-state index in [2.05, 4.69) is 31.3 Å². The van der Waals surface area contributed by atoms with Gasteiger partial charge in [0, 0.05) is 6.42 Å². The molecule has 0 heterocycles. The number of phosphoric ester groups is 1. The molecule has 3 N–H and O–H groups in total. The van der Waals surface area contributed by atoms with Crippen molar-refractivity contribution in [1.82, 2.24) is 5.32 Å². The van der Waals surface area contributed by atoms with Crippen molar-refractivity contribution in [2.75, 3.05) is 40.9 Å². The van der Waals surface area contributed by atoms with E-state index in [1.165, 1.54) is 154 Å². The Morgan fingerprint density at radius 3 is 1.48 bits per heavy atom. The van der Waals surface area contributed by atoms with Gasteiger partial charge in [-0.25, -0.2) is 4.57 Å². The largest absolute Gasteiger partial charge is 0.472 e. The van der Waals surface area contributed by atoms with Crippen LogP contribution in [0.15, 0.2) is 12.2 Å². The van der Waals surface area contributed by atoms with Gasteiger partial charge in [0.05, 0.1) is 39.9 Å². The van der Waals surface area contributed by atoms with Crippen molar-refractivity contribution in [3.63, 3.8) is 0 Å². The van der Waals surface area contributed by atoms with E-state index in [4.69, 9.17) is 9.05 Å². The third-order valence-electron chi connectivity index (χ3n) is 10.5. The van der Waals surface area contributed by atoms with Crippen LogP contribution in [0.25, 0.3) is 0 Å². The van der Waals surface area contributed by atoms with Gasteiger partial charge in [-0.05, 0) is 32.1 Å². The molecule has 0 aromatic heterocycles. The van der Waals surface area contributed by atoms with Crippen LogP contribution in [0.1, 0.15) is 219 Å². The second kappa shape index (κ2) is 37.8. The second-order valence-electron chi connectivity index (χ2n) is 17.1. The molecule has 0 saturated heterocycles. The molecular weight excluding hydrogens is 695 g/mol. The highest BCUT2D eigenvalue weighted by atomic mass is 31.2. The van der Waals surface area contributed by atoms with E-state index in [9.17, 15) is 19.4 Å². The molecule has 0 rings (SSSR count). The van der Waals surface area contributed by atoms with E-state index in [0.29, 0.717) is 23.9 Å². The number of hydrogen-bond donors (Lipinski definition) is 3. The quantitative estimate of drug-likeness (QED) is 0.0246. The Bertz CT molecular complexity index is 896. The number of phosphoric acid groups is 1. The van der Waals surface area contributed by atoms with Crippen LogP contribution in [0, 0.1) is 0 Å². The maximum absolute atomic E-state index is 12.9. The zero-order valence-electron chi connectivity index (χ0n) is 36.5. The van der Waals surface area contributed by atoms with Crippen LogP contribution in [0.4, 0.5) is 0 Å². The fraction of sp³-hybridized carbons (Fsp3) is 0.933. The molecule has 322 valence electrons. The van der Waals surface area contributed by atoms with E-state index < -0.39 is 20.0 Å². The number of carbonyl (C=O) groups excluding carboxylic acids is 1. The number of unbranched alkanes of at least 4 members (excludes halogenated alkanes) is 27. The van der Waals surface area contributed by atoms with Crippen molar-refractivity contribution < 1.29 is 32.9 Å². The Morgan fingerprint density at radius 1 is 0.611 bits per heavy atom. The minimum absolute atomic E-state index is 0.0769. The van der Waals surface area contributed by atoms with Gasteiger partial charge < -0.3 is 19.8 Å². The number of aliphatic hydroxyl groups is 1. The Hall–Kier alpha value is -0.760. The van der Waals surface area contributed by atoms with Crippen LogP contribution in [-0.2, 0) is 18.4 Å². The Kier molecular flexibility index (Phi) is 37.3. The first-order valence-corrected chi connectivity index (χ1v) is 24.5. The van der Waals surface area contributed by atoms with Crippen LogP contribution < -0.4 is 5.32 Å². The summed E-state index contributed by atoms with van der Waals surface area (Å²) in [7, 11) is 1.62. The fourth-order valence-corrected chi connectivity index (χ4v) is 7.53. The summed E-state index contributed by atoms with van der Waals surface area (Å²) in [5, 5.41) is 14.0. The maximum Gasteiger partial charge on any atom is 0.472 e. The number of quaternary nitrogens is 1. The Balaban J connectivity index is 4.28. The number of allylic oxidation sites excluding steroid dienone is 2. The van der Waals surface area contributed by atoms with Gasteiger partial charge in [-0.2, -0.15) is 0 Å². The van der Waals surface area contributed by atoms with E-state index in [0.717, 1.165) is 38.5 Å². The second-order valence-corrected chi connectivity index (χ2v) is 18.6. The van der Waals surface area contributed by atoms with Gasteiger partial charge in [-0.1, -0.05) is 193 Å². The standard InChI is InChI=1S/C45H91N2O6P/c1-6-8-10-12-14-16-18-20-21-22-23-24-25-27-29-31-33-35-37-39-45(49)46-43(42-53-54(50,51)52-41-40-47(3,4)5)44(48)38-36-34-32-30-28-26-19-17-15-13-11-9-7-2/h12,14,43-44,48H,6-11,13,15-42H2,1-5H3,(H-,46,49,50,51)/p+1/b14-12-. The predicted molar refractivity (Wildman–Crippen MR) is 231 cm³/mol.